The Bertz CT molecular complexity index is 247. The highest BCUT2D eigenvalue weighted by Gasteiger charge is 2.44. The first-order valence-corrected chi connectivity index (χ1v) is 3.89. The highest BCUT2D eigenvalue weighted by Crippen LogP contribution is 2.24. The lowest BCUT2D eigenvalue weighted by Gasteiger charge is -2.26. The molecule has 0 amide bonds. The van der Waals surface area contributed by atoms with Crippen LogP contribution in [0.1, 0.15) is 13.3 Å². The molecule has 0 heterocycles. The second-order valence-electron chi connectivity index (χ2n) is 2.87. The van der Waals surface area contributed by atoms with Crippen LogP contribution in [0, 0.1) is 10.1 Å². The quantitative estimate of drug-likeness (QED) is 0.491. The summed E-state index contributed by atoms with van der Waals surface area (Å²) in [5, 5.41) is 10.8. The molecule has 0 aliphatic heterocycles. The van der Waals surface area contributed by atoms with Crippen LogP contribution in [-0.2, 0) is 0 Å². The van der Waals surface area contributed by atoms with Gasteiger partial charge >= 0.3 is 0 Å². The summed E-state index contributed by atoms with van der Waals surface area (Å²) in [6, 6.07) is -0.512. The highest BCUT2D eigenvalue weighted by molar-refractivity contribution is 5.23. The molecule has 1 aliphatic carbocycles. The van der Waals surface area contributed by atoms with E-state index >= 15 is 0 Å². The highest BCUT2D eigenvalue weighted by atomic mass is 16.6. The van der Waals surface area contributed by atoms with Crippen molar-refractivity contribution in [1.82, 2.24) is 0 Å². The van der Waals surface area contributed by atoms with Gasteiger partial charge in [-0.05, 0) is 6.08 Å². The second kappa shape index (κ2) is 3.06. The Morgan fingerprint density at radius 1 is 1.67 bits per heavy atom. The summed E-state index contributed by atoms with van der Waals surface area (Å²) in [4.78, 5) is 10.5. The van der Waals surface area contributed by atoms with E-state index in [1.807, 2.05) is 0 Å². The summed E-state index contributed by atoms with van der Waals surface area (Å²) in [5.41, 5.74) is 4.56. The Balaban J connectivity index is 3.00. The van der Waals surface area contributed by atoms with Crippen molar-refractivity contribution in [3.8, 4) is 0 Å². The molecule has 2 N–H and O–H groups in total. The SMILES string of the molecule is CCC1([N+](=O)[O-])C=CC=CC1N. The van der Waals surface area contributed by atoms with Crippen molar-refractivity contribution in [3.05, 3.63) is 34.4 Å². The zero-order valence-electron chi connectivity index (χ0n) is 6.93. The molecule has 0 aromatic rings. The average molecular weight is 168 g/mol. The maximum Gasteiger partial charge on any atom is 0.258 e. The number of nitro groups is 1. The Hall–Kier alpha value is -1.16. The number of allylic oxidation sites excluding steroid dienone is 2. The molecule has 4 heteroatoms. The first-order valence-electron chi connectivity index (χ1n) is 3.89. The third-order valence-electron chi connectivity index (χ3n) is 2.30. The smallest absolute Gasteiger partial charge is 0.258 e. The fourth-order valence-corrected chi connectivity index (χ4v) is 1.35. The predicted octanol–water partition coefficient (Wildman–Crippen LogP) is 0.865. The minimum absolute atomic E-state index is 0.308. The van der Waals surface area contributed by atoms with Gasteiger partial charge in [-0.3, -0.25) is 10.1 Å². The predicted molar refractivity (Wildman–Crippen MR) is 46.3 cm³/mol. The van der Waals surface area contributed by atoms with Gasteiger partial charge in [-0.15, -0.1) is 0 Å². The standard InChI is InChI=1S/C8H12N2O2/c1-2-8(10(11)12)6-4-3-5-7(8)9/h3-7H,2,9H2,1H3. The van der Waals surface area contributed by atoms with Crippen LogP contribution in [0.4, 0.5) is 0 Å². The van der Waals surface area contributed by atoms with Crippen LogP contribution >= 0.6 is 0 Å². The number of rotatable bonds is 2. The van der Waals surface area contributed by atoms with Crippen LogP contribution in [-0.4, -0.2) is 16.5 Å². The molecule has 0 aromatic carbocycles. The molecule has 0 spiro atoms. The van der Waals surface area contributed by atoms with E-state index < -0.39 is 11.6 Å². The third-order valence-corrected chi connectivity index (χ3v) is 2.30. The molecule has 2 unspecified atom stereocenters. The van der Waals surface area contributed by atoms with Crippen molar-refractivity contribution < 1.29 is 4.92 Å². The summed E-state index contributed by atoms with van der Waals surface area (Å²) in [6.45, 7) is 1.77. The van der Waals surface area contributed by atoms with E-state index in [1.165, 1.54) is 0 Å². The van der Waals surface area contributed by atoms with Gasteiger partial charge in [0.25, 0.3) is 5.54 Å². The van der Waals surface area contributed by atoms with Crippen molar-refractivity contribution in [1.29, 1.82) is 0 Å². The Kier molecular flexibility index (Phi) is 2.28. The number of nitrogens with zero attached hydrogens (tertiary/aromatic N) is 1. The van der Waals surface area contributed by atoms with Gasteiger partial charge < -0.3 is 5.73 Å². The molecule has 12 heavy (non-hydrogen) atoms. The van der Waals surface area contributed by atoms with Gasteiger partial charge in [0.05, 0.1) is 6.04 Å². The minimum atomic E-state index is -1.09. The number of hydrogen-bond acceptors (Lipinski definition) is 3. The molecule has 0 bridgehead atoms. The number of hydrogen-bond donors (Lipinski definition) is 1. The van der Waals surface area contributed by atoms with Gasteiger partial charge in [-0.2, -0.15) is 0 Å². The maximum absolute atomic E-state index is 10.8. The molecule has 66 valence electrons. The molecule has 2 atom stereocenters. The first kappa shape index (κ1) is 8.93. The Morgan fingerprint density at radius 2 is 2.33 bits per heavy atom. The zero-order valence-corrected chi connectivity index (χ0v) is 6.93. The maximum atomic E-state index is 10.8. The van der Waals surface area contributed by atoms with Crippen molar-refractivity contribution in [3.63, 3.8) is 0 Å². The van der Waals surface area contributed by atoms with Crippen LogP contribution in [0.5, 0.6) is 0 Å². The summed E-state index contributed by atoms with van der Waals surface area (Å²) in [7, 11) is 0. The molecular weight excluding hydrogens is 156 g/mol. The van der Waals surface area contributed by atoms with E-state index in [0.29, 0.717) is 6.42 Å². The van der Waals surface area contributed by atoms with Gasteiger partial charge in [0, 0.05) is 11.3 Å². The molecule has 0 radical (unpaired) electrons. The lowest BCUT2D eigenvalue weighted by Crippen LogP contribution is -2.51. The van der Waals surface area contributed by atoms with Gasteiger partial charge in [0.15, 0.2) is 0 Å². The number of nitrogens with two attached hydrogens (primary N) is 1. The van der Waals surface area contributed by atoms with E-state index in [1.54, 1.807) is 31.2 Å². The van der Waals surface area contributed by atoms with Crippen molar-refractivity contribution in [2.75, 3.05) is 0 Å². The van der Waals surface area contributed by atoms with E-state index in [4.69, 9.17) is 5.73 Å². The first-order chi connectivity index (χ1) is 5.63. The fraction of sp³-hybridized carbons (Fsp3) is 0.500. The van der Waals surface area contributed by atoms with E-state index in [2.05, 4.69) is 0 Å². The summed E-state index contributed by atoms with van der Waals surface area (Å²) < 4.78 is 0. The van der Waals surface area contributed by atoms with Crippen LogP contribution in [0.2, 0.25) is 0 Å². The Labute approximate surface area is 70.9 Å². The van der Waals surface area contributed by atoms with Crippen molar-refractivity contribution >= 4 is 0 Å². The van der Waals surface area contributed by atoms with Crippen LogP contribution in [0.15, 0.2) is 24.3 Å². The monoisotopic (exact) mass is 168 g/mol. The lowest BCUT2D eigenvalue weighted by molar-refractivity contribution is -0.557. The molecule has 0 fully saturated rings. The van der Waals surface area contributed by atoms with Gasteiger partial charge in [0.2, 0.25) is 0 Å². The Morgan fingerprint density at radius 3 is 2.67 bits per heavy atom. The van der Waals surface area contributed by atoms with E-state index in [9.17, 15) is 10.1 Å². The molecule has 1 rings (SSSR count). The van der Waals surface area contributed by atoms with E-state index in [-0.39, 0.29) is 4.92 Å². The molecule has 0 aromatic heterocycles. The van der Waals surface area contributed by atoms with Gasteiger partial charge in [0.1, 0.15) is 0 Å². The molecular formula is C8H12N2O2. The largest absolute Gasteiger partial charge is 0.318 e. The van der Waals surface area contributed by atoms with Gasteiger partial charge in [-0.25, -0.2) is 0 Å². The topological polar surface area (TPSA) is 69.2 Å². The van der Waals surface area contributed by atoms with Crippen molar-refractivity contribution in [2.45, 2.75) is 24.9 Å². The third kappa shape index (κ3) is 1.14. The fourth-order valence-electron chi connectivity index (χ4n) is 1.35. The van der Waals surface area contributed by atoms with Crippen molar-refractivity contribution in [2.24, 2.45) is 5.73 Å². The minimum Gasteiger partial charge on any atom is -0.318 e. The summed E-state index contributed by atoms with van der Waals surface area (Å²) in [6.07, 6.45) is 7.06. The lowest BCUT2D eigenvalue weighted by atomic mass is 9.85. The van der Waals surface area contributed by atoms with Crippen LogP contribution in [0.3, 0.4) is 0 Å². The van der Waals surface area contributed by atoms with E-state index in [0.717, 1.165) is 0 Å². The summed E-state index contributed by atoms with van der Waals surface area (Å²) >= 11 is 0. The van der Waals surface area contributed by atoms with Crippen LogP contribution in [0.25, 0.3) is 0 Å². The van der Waals surface area contributed by atoms with Crippen LogP contribution < -0.4 is 5.73 Å². The zero-order chi connectivity index (χ0) is 9.19. The second-order valence-corrected chi connectivity index (χ2v) is 2.87. The molecule has 1 aliphatic rings. The summed E-state index contributed by atoms with van der Waals surface area (Å²) in [5.74, 6) is 0. The molecule has 4 nitrogen and oxygen atoms in total. The van der Waals surface area contributed by atoms with Gasteiger partial charge in [-0.1, -0.05) is 25.2 Å². The molecule has 0 saturated carbocycles. The normalized spacial score (nSPS) is 33.7. The average Bonchev–Trinajstić information content (AvgIpc) is 2.05. The molecule has 0 saturated heterocycles.